The summed E-state index contributed by atoms with van der Waals surface area (Å²) in [6, 6.07) is 0. The van der Waals surface area contributed by atoms with Crippen LogP contribution >= 0.6 is 18.9 Å². The van der Waals surface area contributed by atoms with Crippen LogP contribution in [0.1, 0.15) is 61.8 Å². The van der Waals surface area contributed by atoms with Gasteiger partial charge in [0.2, 0.25) is 0 Å². The molecule has 0 N–H and O–H groups in total. The minimum absolute atomic E-state index is 0. The quantitative estimate of drug-likeness (QED) is 0.456. The van der Waals surface area contributed by atoms with Gasteiger partial charge in [0.25, 0.3) is 0 Å². The monoisotopic (exact) mass is 364 g/mol. The first-order valence-corrected chi connectivity index (χ1v) is 8.08. The lowest BCUT2D eigenvalue weighted by atomic mass is 10.1. The fourth-order valence-corrected chi connectivity index (χ4v) is 1.93. The smallest absolute Gasteiger partial charge is 0.159 e. The zero-order chi connectivity index (χ0) is 17.7. The summed E-state index contributed by atoms with van der Waals surface area (Å²) >= 11 is 0. The van der Waals surface area contributed by atoms with Crippen molar-refractivity contribution in [1.82, 2.24) is 0 Å². The summed E-state index contributed by atoms with van der Waals surface area (Å²) in [5, 5.41) is 0. The Bertz CT molecular complexity index is 357. The highest BCUT2D eigenvalue weighted by Crippen LogP contribution is 2.07. The number of rotatable bonds is 8. The number of ketones is 2. The predicted octanol–water partition coefficient (Wildman–Crippen LogP) is 4.85. The summed E-state index contributed by atoms with van der Waals surface area (Å²) in [7, 11) is 4.24. The molecule has 4 unspecified atom stereocenters. The van der Waals surface area contributed by atoms with E-state index in [-0.39, 0.29) is 31.2 Å². The van der Waals surface area contributed by atoms with E-state index < -0.39 is 0 Å². The van der Waals surface area contributed by atoms with Crippen LogP contribution < -0.4 is 0 Å². The van der Waals surface area contributed by atoms with E-state index in [4.69, 9.17) is 9.05 Å². The molecule has 6 heteroatoms. The molecule has 0 aliphatic heterocycles. The second-order valence-electron chi connectivity index (χ2n) is 5.51. The summed E-state index contributed by atoms with van der Waals surface area (Å²) in [6.45, 7) is 11.1. The Kier molecular flexibility index (Phi) is 19.6. The van der Waals surface area contributed by atoms with E-state index >= 15 is 0 Å². The van der Waals surface area contributed by atoms with E-state index in [1.807, 2.05) is 39.8 Å². The second kappa shape index (κ2) is 16.5. The van der Waals surface area contributed by atoms with Crippen LogP contribution in [0.3, 0.4) is 0 Å². The standard InChI is InChI=1S/2C8H15O2P.CH4/c2*1-6(2)4-5-8(10-11)7(3)9;/h2*4,8H,5,11H2,1-3H3;1H4. The fourth-order valence-electron chi connectivity index (χ4n) is 1.32. The van der Waals surface area contributed by atoms with Gasteiger partial charge in [-0.3, -0.25) is 9.59 Å². The largest absolute Gasteiger partial charge is 0.354 e. The van der Waals surface area contributed by atoms with E-state index in [0.29, 0.717) is 12.8 Å². The van der Waals surface area contributed by atoms with E-state index in [9.17, 15) is 9.59 Å². The molecule has 0 aliphatic rings. The number of carbonyl (C=O) groups excluding carboxylic acids is 2. The van der Waals surface area contributed by atoms with Crippen LogP contribution in [0.4, 0.5) is 0 Å². The maximum atomic E-state index is 10.8. The van der Waals surface area contributed by atoms with Crippen LogP contribution in [0, 0.1) is 0 Å². The predicted molar refractivity (Wildman–Crippen MR) is 105 cm³/mol. The van der Waals surface area contributed by atoms with Gasteiger partial charge in [0, 0.05) is 18.9 Å². The van der Waals surface area contributed by atoms with Gasteiger partial charge in [-0.15, -0.1) is 0 Å². The van der Waals surface area contributed by atoms with Crippen molar-refractivity contribution < 1.29 is 18.6 Å². The third kappa shape index (κ3) is 17.8. The topological polar surface area (TPSA) is 52.6 Å². The first-order chi connectivity index (χ1) is 10.1. The van der Waals surface area contributed by atoms with Crippen LogP contribution in [-0.4, -0.2) is 23.8 Å². The van der Waals surface area contributed by atoms with Crippen LogP contribution in [0.2, 0.25) is 0 Å². The summed E-state index contributed by atoms with van der Waals surface area (Å²) in [4.78, 5) is 21.6. The third-order valence-corrected chi connectivity index (χ3v) is 3.37. The highest BCUT2D eigenvalue weighted by Gasteiger charge is 2.10. The lowest BCUT2D eigenvalue weighted by molar-refractivity contribution is -0.123. The van der Waals surface area contributed by atoms with Gasteiger partial charge in [-0.25, -0.2) is 0 Å². The molecule has 0 aromatic heterocycles. The molecule has 0 bridgehead atoms. The first-order valence-electron chi connectivity index (χ1n) is 7.14. The van der Waals surface area contributed by atoms with E-state index in [2.05, 4.69) is 18.9 Å². The van der Waals surface area contributed by atoms with Crippen molar-refractivity contribution >= 4 is 30.5 Å². The molecule has 0 saturated heterocycles. The van der Waals surface area contributed by atoms with Crippen molar-refractivity contribution in [2.75, 3.05) is 0 Å². The second-order valence-corrected chi connectivity index (χ2v) is 6.05. The normalized spacial score (nSPS) is 11.8. The molecule has 0 saturated carbocycles. The fraction of sp³-hybridized carbons (Fsp3) is 0.647. The summed E-state index contributed by atoms with van der Waals surface area (Å²) in [5.74, 6) is 0.134. The molecule has 0 aliphatic carbocycles. The average Bonchev–Trinajstić information content (AvgIpc) is 2.39. The minimum Gasteiger partial charge on any atom is -0.354 e. The molecule has 0 heterocycles. The van der Waals surface area contributed by atoms with Gasteiger partial charge >= 0.3 is 0 Å². The van der Waals surface area contributed by atoms with E-state index in [0.717, 1.165) is 0 Å². The lowest BCUT2D eigenvalue weighted by Crippen LogP contribution is -2.16. The SMILES string of the molecule is C.CC(=O)C(CC=C(C)C)OP.CC(=O)C(CC=C(C)C)OP. The molecule has 0 aromatic carbocycles. The number of carbonyl (C=O) groups is 2. The van der Waals surface area contributed by atoms with Crippen LogP contribution in [0.5, 0.6) is 0 Å². The molecule has 0 aromatic rings. The van der Waals surface area contributed by atoms with Crippen molar-refractivity contribution in [3.63, 3.8) is 0 Å². The molecular formula is C17H34O4P2. The third-order valence-electron chi connectivity index (χ3n) is 2.72. The van der Waals surface area contributed by atoms with Crippen molar-refractivity contribution in [2.24, 2.45) is 0 Å². The number of hydrogen-bond acceptors (Lipinski definition) is 4. The summed E-state index contributed by atoms with van der Waals surface area (Å²) in [6.07, 6.45) is 4.74. The highest BCUT2D eigenvalue weighted by atomic mass is 31.0. The zero-order valence-corrected chi connectivity index (χ0v) is 16.8. The van der Waals surface area contributed by atoms with Crippen LogP contribution in [0.15, 0.2) is 23.3 Å². The van der Waals surface area contributed by atoms with Crippen molar-refractivity contribution in [3.8, 4) is 0 Å². The molecule has 0 amide bonds. The number of Topliss-reactive ketones (excluding diaryl/α,β-unsaturated/α-hetero) is 2. The molecular weight excluding hydrogens is 330 g/mol. The van der Waals surface area contributed by atoms with Gasteiger partial charge < -0.3 is 9.05 Å². The Morgan fingerprint density at radius 1 is 0.783 bits per heavy atom. The van der Waals surface area contributed by atoms with E-state index in [1.54, 1.807) is 0 Å². The summed E-state index contributed by atoms with van der Waals surface area (Å²) in [5.41, 5.74) is 2.41. The highest BCUT2D eigenvalue weighted by molar-refractivity contribution is 7.10. The van der Waals surface area contributed by atoms with Gasteiger partial charge in [-0.05, 0) is 54.4 Å². The van der Waals surface area contributed by atoms with Crippen molar-refractivity contribution in [3.05, 3.63) is 23.3 Å². The van der Waals surface area contributed by atoms with E-state index in [1.165, 1.54) is 25.0 Å². The number of allylic oxidation sites excluding steroid dienone is 2. The molecule has 0 fully saturated rings. The van der Waals surface area contributed by atoms with Gasteiger partial charge in [-0.2, -0.15) is 0 Å². The number of hydrogen-bond donors (Lipinski definition) is 0. The molecule has 0 rings (SSSR count). The summed E-state index contributed by atoms with van der Waals surface area (Å²) < 4.78 is 9.77. The maximum absolute atomic E-state index is 10.8. The van der Waals surface area contributed by atoms with Gasteiger partial charge in [0.05, 0.1) is 0 Å². The van der Waals surface area contributed by atoms with Gasteiger partial charge in [0.1, 0.15) is 12.2 Å². The van der Waals surface area contributed by atoms with Crippen LogP contribution in [-0.2, 0) is 18.6 Å². The van der Waals surface area contributed by atoms with Crippen molar-refractivity contribution in [2.45, 2.75) is 74.0 Å². The van der Waals surface area contributed by atoms with Gasteiger partial charge in [-0.1, -0.05) is 30.7 Å². The average molecular weight is 364 g/mol. The Morgan fingerprint density at radius 3 is 1.17 bits per heavy atom. The molecule has 4 atom stereocenters. The molecule has 23 heavy (non-hydrogen) atoms. The maximum Gasteiger partial charge on any atom is 0.159 e. The molecule has 0 radical (unpaired) electrons. The Hall–Kier alpha value is -0.400. The Labute approximate surface area is 147 Å². The Balaban J connectivity index is -0.000000333. The zero-order valence-electron chi connectivity index (χ0n) is 14.5. The minimum atomic E-state index is -0.296. The van der Waals surface area contributed by atoms with Crippen molar-refractivity contribution in [1.29, 1.82) is 0 Å². The molecule has 136 valence electrons. The lowest BCUT2D eigenvalue weighted by Gasteiger charge is -2.07. The van der Waals surface area contributed by atoms with Crippen LogP contribution in [0.25, 0.3) is 0 Å². The first kappa shape index (κ1) is 27.4. The Morgan fingerprint density at radius 2 is 1.04 bits per heavy atom. The molecule has 0 spiro atoms. The van der Waals surface area contributed by atoms with Gasteiger partial charge in [0.15, 0.2) is 11.6 Å². The molecule has 4 nitrogen and oxygen atoms in total.